The molecular formula is C25H26ClFN2O4S. The molecule has 3 aliphatic rings. The third-order valence-electron chi connectivity index (χ3n) is 7.38. The van der Waals surface area contributed by atoms with E-state index in [1.165, 1.54) is 12.1 Å². The van der Waals surface area contributed by atoms with Crippen molar-refractivity contribution in [1.82, 2.24) is 9.80 Å². The van der Waals surface area contributed by atoms with Crippen molar-refractivity contribution >= 4 is 33.3 Å². The first kappa shape index (κ1) is 23.3. The van der Waals surface area contributed by atoms with Crippen LogP contribution in [0.5, 0.6) is 0 Å². The van der Waals surface area contributed by atoms with Gasteiger partial charge in [-0.15, -0.1) is 11.6 Å². The summed E-state index contributed by atoms with van der Waals surface area (Å²) >= 11 is 6.01. The lowest BCUT2D eigenvalue weighted by atomic mass is 9.76. The molecule has 0 saturated carbocycles. The van der Waals surface area contributed by atoms with E-state index in [4.69, 9.17) is 11.6 Å². The van der Waals surface area contributed by atoms with Crippen LogP contribution in [0.4, 0.5) is 4.39 Å². The number of carbonyl (C=O) groups is 2. The fourth-order valence-electron chi connectivity index (χ4n) is 5.96. The monoisotopic (exact) mass is 504 g/mol. The number of likely N-dealkylation sites (tertiary alicyclic amines) is 1. The van der Waals surface area contributed by atoms with Crippen molar-refractivity contribution in [2.24, 2.45) is 5.92 Å². The van der Waals surface area contributed by atoms with Crippen LogP contribution in [0, 0.1) is 11.7 Å². The third kappa shape index (κ3) is 4.11. The fraction of sp³-hybridized carbons (Fsp3) is 0.440. The molecule has 2 aromatic rings. The standard InChI is InChI=1S/C25H26ClFN2O4S/c26-12-24(31)29-13-20(16-5-2-1-3-6-16)19-11-17(27)8-9-18(19)25(29)21-14-34(32,33)15-22(21)28-10-4-7-23(28)30/h1-3,5-6,8-9,11,20-22,25H,4,7,10,12-15H2. The van der Waals surface area contributed by atoms with Crippen LogP contribution in [-0.2, 0) is 19.4 Å². The van der Waals surface area contributed by atoms with Crippen LogP contribution in [0.15, 0.2) is 48.5 Å². The van der Waals surface area contributed by atoms with E-state index in [1.54, 1.807) is 15.9 Å². The van der Waals surface area contributed by atoms with Crippen LogP contribution < -0.4 is 0 Å². The second-order valence-corrected chi connectivity index (χ2v) is 11.8. The van der Waals surface area contributed by atoms with E-state index in [0.717, 1.165) is 16.7 Å². The van der Waals surface area contributed by atoms with Crippen LogP contribution in [0.3, 0.4) is 0 Å². The van der Waals surface area contributed by atoms with Crippen LogP contribution in [0.25, 0.3) is 0 Å². The normalized spacial score (nSPS) is 28.2. The molecule has 0 bridgehead atoms. The van der Waals surface area contributed by atoms with Gasteiger partial charge in [-0.2, -0.15) is 0 Å². The number of sulfone groups is 1. The predicted octanol–water partition coefficient (Wildman–Crippen LogP) is 3.12. The predicted molar refractivity (Wildman–Crippen MR) is 127 cm³/mol. The molecule has 0 radical (unpaired) electrons. The Hall–Kier alpha value is -2.45. The van der Waals surface area contributed by atoms with Crippen molar-refractivity contribution in [3.05, 3.63) is 71.0 Å². The Morgan fingerprint density at radius 1 is 1.09 bits per heavy atom. The fourth-order valence-corrected chi connectivity index (χ4v) is 8.19. The largest absolute Gasteiger partial charge is 0.338 e. The Morgan fingerprint density at radius 3 is 2.53 bits per heavy atom. The number of rotatable bonds is 4. The average Bonchev–Trinajstić information content (AvgIpc) is 3.39. The van der Waals surface area contributed by atoms with E-state index >= 15 is 0 Å². The van der Waals surface area contributed by atoms with E-state index in [1.807, 2.05) is 30.3 Å². The van der Waals surface area contributed by atoms with Crippen molar-refractivity contribution in [3.63, 3.8) is 0 Å². The summed E-state index contributed by atoms with van der Waals surface area (Å²) in [7, 11) is -3.43. The van der Waals surface area contributed by atoms with E-state index in [9.17, 15) is 22.4 Å². The first-order valence-electron chi connectivity index (χ1n) is 11.5. The molecular weight excluding hydrogens is 479 g/mol. The molecule has 2 amide bonds. The molecule has 0 N–H and O–H groups in total. The van der Waals surface area contributed by atoms with Crippen molar-refractivity contribution in [3.8, 4) is 0 Å². The highest BCUT2D eigenvalue weighted by atomic mass is 35.5. The van der Waals surface area contributed by atoms with Gasteiger partial charge in [0.05, 0.1) is 23.6 Å². The topological polar surface area (TPSA) is 74.8 Å². The van der Waals surface area contributed by atoms with Gasteiger partial charge in [-0.3, -0.25) is 9.59 Å². The number of benzene rings is 2. The molecule has 180 valence electrons. The summed E-state index contributed by atoms with van der Waals surface area (Å²) in [5.41, 5.74) is 2.40. The van der Waals surface area contributed by atoms with Gasteiger partial charge in [0.2, 0.25) is 11.8 Å². The van der Waals surface area contributed by atoms with Crippen molar-refractivity contribution in [2.45, 2.75) is 30.8 Å². The number of carbonyl (C=O) groups excluding carboxylic acids is 2. The lowest BCUT2D eigenvalue weighted by molar-refractivity contribution is -0.134. The Morgan fingerprint density at radius 2 is 1.85 bits per heavy atom. The highest BCUT2D eigenvalue weighted by Gasteiger charge is 2.51. The van der Waals surface area contributed by atoms with Gasteiger partial charge < -0.3 is 9.80 Å². The van der Waals surface area contributed by atoms with Gasteiger partial charge in [-0.1, -0.05) is 36.4 Å². The lowest BCUT2D eigenvalue weighted by Gasteiger charge is -2.46. The first-order valence-corrected chi connectivity index (χ1v) is 13.8. The third-order valence-corrected chi connectivity index (χ3v) is 9.35. The summed E-state index contributed by atoms with van der Waals surface area (Å²) in [6.07, 6.45) is 1.09. The van der Waals surface area contributed by atoms with Gasteiger partial charge >= 0.3 is 0 Å². The zero-order chi connectivity index (χ0) is 24.0. The van der Waals surface area contributed by atoms with Gasteiger partial charge in [-0.25, -0.2) is 12.8 Å². The van der Waals surface area contributed by atoms with Crippen LogP contribution in [0.2, 0.25) is 0 Å². The second-order valence-electron chi connectivity index (χ2n) is 9.36. The summed E-state index contributed by atoms with van der Waals surface area (Å²) in [4.78, 5) is 29.0. The van der Waals surface area contributed by atoms with Gasteiger partial charge in [-0.05, 0) is 35.2 Å². The Kier molecular flexibility index (Phi) is 6.14. The van der Waals surface area contributed by atoms with Crippen LogP contribution in [-0.4, -0.2) is 66.5 Å². The molecule has 0 spiro atoms. The van der Waals surface area contributed by atoms with Crippen LogP contribution in [0.1, 0.15) is 41.5 Å². The highest BCUT2D eigenvalue weighted by molar-refractivity contribution is 7.91. The molecule has 5 rings (SSSR count). The average molecular weight is 505 g/mol. The summed E-state index contributed by atoms with van der Waals surface area (Å²) in [6.45, 7) is 0.766. The maximum atomic E-state index is 14.5. The quantitative estimate of drug-likeness (QED) is 0.600. The molecule has 4 atom stereocenters. The molecule has 2 fully saturated rings. The molecule has 2 aromatic carbocycles. The Labute approximate surface area is 203 Å². The number of nitrogens with zero attached hydrogens (tertiary/aromatic N) is 2. The maximum Gasteiger partial charge on any atom is 0.238 e. The molecule has 34 heavy (non-hydrogen) atoms. The SMILES string of the molecule is O=C1CCCN1C1CS(=O)(=O)CC1C1c2ccc(F)cc2C(c2ccccc2)CN1C(=O)CCl. The van der Waals surface area contributed by atoms with E-state index in [-0.39, 0.29) is 47.5 Å². The highest BCUT2D eigenvalue weighted by Crippen LogP contribution is 2.47. The zero-order valence-electron chi connectivity index (χ0n) is 18.6. The molecule has 0 aromatic heterocycles. The number of fused-ring (bicyclic) bond motifs is 1. The molecule has 6 nitrogen and oxygen atoms in total. The molecule has 3 heterocycles. The molecule has 3 aliphatic heterocycles. The number of hydrogen-bond donors (Lipinski definition) is 0. The van der Waals surface area contributed by atoms with Gasteiger partial charge in [0, 0.05) is 31.3 Å². The minimum absolute atomic E-state index is 0.0559. The molecule has 2 saturated heterocycles. The first-order chi connectivity index (χ1) is 16.3. The molecule has 9 heteroatoms. The number of alkyl halides is 1. The summed E-state index contributed by atoms with van der Waals surface area (Å²) in [5, 5.41) is 0. The Balaban J connectivity index is 1.66. The van der Waals surface area contributed by atoms with Gasteiger partial charge in [0.15, 0.2) is 9.84 Å². The van der Waals surface area contributed by atoms with Crippen molar-refractivity contribution < 1.29 is 22.4 Å². The minimum atomic E-state index is -3.43. The minimum Gasteiger partial charge on any atom is -0.338 e. The van der Waals surface area contributed by atoms with Crippen molar-refractivity contribution in [2.75, 3.05) is 30.5 Å². The summed E-state index contributed by atoms with van der Waals surface area (Å²) in [5.74, 6) is -2.05. The number of amides is 2. The van der Waals surface area contributed by atoms with E-state index < -0.39 is 27.8 Å². The lowest BCUT2D eigenvalue weighted by Crippen LogP contribution is -2.51. The van der Waals surface area contributed by atoms with Crippen LogP contribution >= 0.6 is 11.6 Å². The van der Waals surface area contributed by atoms with E-state index in [2.05, 4.69) is 0 Å². The summed E-state index contributed by atoms with van der Waals surface area (Å²) in [6, 6.07) is 12.9. The van der Waals surface area contributed by atoms with Gasteiger partial charge in [0.1, 0.15) is 11.7 Å². The molecule has 0 aliphatic carbocycles. The summed E-state index contributed by atoms with van der Waals surface area (Å²) < 4.78 is 40.1. The maximum absolute atomic E-state index is 14.5. The number of halogens is 2. The second kappa shape index (κ2) is 8.96. The van der Waals surface area contributed by atoms with E-state index in [0.29, 0.717) is 19.4 Å². The molecule has 4 unspecified atom stereocenters. The van der Waals surface area contributed by atoms with Crippen molar-refractivity contribution in [1.29, 1.82) is 0 Å². The van der Waals surface area contributed by atoms with Gasteiger partial charge in [0.25, 0.3) is 0 Å². The number of hydrogen-bond acceptors (Lipinski definition) is 4. The Bertz CT molecular complexity index is 1220. The zero-order valence-corrected chi connectivity index (χ0v) is 20.1. The smallest absolute Gasteiger partial charge is 0.238 e.